The lowest BCUT2D eigenvalue weighted by atomic mass is 9.70. The van der Waals surface area contributed by atoms with Gasteiger partial charge in [-0.2, -0.15) is 0 Å². The molecule has 1 heteroatoms. The second kappa shape index (κ2) is 5.63. The van der Waals surface area contributed by atoms with E-state index in [9.17, 15) is 0 Å². The Labute approximate surface area is 187 Å². The van der Waals surface area contributed by atoms with E-state index < -0.39 is 0 Å². The number of hydrogen-bond donors (Lipinski definition) is 0. The van der Waals surface area contributed by atoms with E-state index in [1.54, 1.807) is 0 Å². The summed E-state index contributed by atoms with van der Waals surface area (Å²) in [5.41, 5.74) is 16.2. The summed E-state index contributed by atoms with van der Waals surface area (Å²) in [4.78, 5) is 4.61. The van der Waals surface area contributed by atoms with E-state index in [-0.39, 0.29) is 5.41 Å². The summed E-state index contributed by atoms with van der Waals surface area (Å²) in [5, 5.41) is 0. The van der Waals surface area contributed by atoms with Gasteiger partial charge in [0.15, 0.2) is 0 Å². The van der Waals surface area contributed by atoms with E-state index in [1.165, 1.54) is 66.8 Å². The quantitative estimate of drug-likeness (QED) is 0.265. The van der Waals surface area contributed by atoms with Crippen LogP contribution in [-0.4, -0.2) is 4.98 Å². The minimum atomic E-state index is -0.296. The Bertz CT molecular complexity index is 1560. The molecule has 0 aliphatic heterocycles. The summed E-state index contributed by atoms with van der Waals surface area (Å²) >= 11 is 0. The fraction of sp³-hybridized carbons (Fsp3) is 0.0645. The normalized spacial score (nSPS) is 18.0. The molecule has 3 aliphatic rings. The molecule has 0 bridgehead atoms. The standard InChI is InChI=1S/C31H19N/c1-2-8-21-19(7-1)15-20-16-29-26(17-25(20)21)23-10-4-6-12-28(23)31(29)27-11-5-3-9-22(27)24-13-14-32-18-30(24)31/h1-14,16-18H,15H2. The van der Waals surface area contributed by atoms with Crippen molar-refractivity contribution in [1.29, 1.82) is 0 Å². The maximum atomic E-state index is 4.61. The van der Waals surface area contributed by atoms with Crippen molar-refractivity contribution in [1.82, 2.24) is 4.98 Å². The monoisotopic (exact) mass is 405 g/mol. The molecular weight excluding hydrogens is 386 g/mol. The van der Waals surface area contributed by atoms with Gasteiger partial charge in [-0.15, -0.1) is 0 Å². The van der Waals surface area contributed by atoms with Crippen molar-refractivity contribution in [3.8, 4) is 33.4 Å². The first-order chi connectivity index (χ1) is 15.9. The Morgan fingerprint density at radius 3 is 1.97 bits per heavy atom. The molecule has 0 fully saturated rings. The van der Waals surface area contributed by atoms with Crippen molar-refractivity contribution in [2.45, 2.75) is 11.8 Å². The molecule has 1 unspecified atom stereocenters. The first-order valence-corrected chi connectivity index (χ1v) is 11.3. The van der Waals surface area contributed by atoms with Gasteiger partial charge in [0.2, 0.25) is 0 Å². The third-order valence-corrected chi connectivity index (χ3v) is 7.80. The van der Waals surface area contributed by atoms with Crippen LogP contribution in [0.1, 0.15) is 33.4 Å². The maximum Gasteiger partial charge on any atom is 0.0740 e. The van der Waals surface area contributed by atoms with Gasteiger partial charge in [-0.25, -0.2) is 0 Å². The fourth-order valence-electron chi connectivity index (χ4n) is 6.61. The van der Waals surface area contributed by atoms with Crippen molar-refractivity contribution < 1.29 is 0 Å². The summed E-state index contributed by atoms with van der Waals surface area (Å²) in [6, 6.07) is 33.9. The lowest BCUT2D eigenvalue weighted by Gasteiger charge is -2.30. The summed E-state index contributed by atoms with van der Waals surface area (Å²) in [6.45, 7) is 0. The van der Waals surface area contributed by atoms with Gasteiger partial charge in [-0.3, -0.25) is 4.98 Å². The molecule has 32 heavy (non-hydrogen) atoms. The molecule has 148 valence electrons. The van der Waals surface area contributed by atoms with Crippen LogP contribution in [0.25, 0.3) is 33.4 Å². The number of rotatable bonds is 0. The molecule has 1 spiro atoms. The largest absolute Gasteiger partial charge is 0.264 e. The molecule has 5 aromatic rings. The van der Waals surface area contributed by atoms with E-state index in [2.05, 4.69) is 102 Å². The Balaban J connectivity index is 1.54. The molecule has 0 saturated carbocycles. The molecule has 0 amide bonds. The molecular formula is C31H19N. The van der Waals surface area contributed by atoms with Crippen molar-refractivity contribution in [3.05, 3.63) is 137 Å². The van der Waals surface area contributed by atoms with Crippen molar-refractivity contribution >= 4 is 0 Å². The Morgan fingerprint density at radius 1 is 0.500 bits per heavy atom. The summed E-state index contributed by atoms with van der Waals surface area (Å²) in [6.07, 6.45) is 5.03. The number of pyridine rings is 1. The van der Waals surface area contributed by atoms with E-state index in [0.717, 1.165) is 6.42 Å². The second-order valence-electron chi connectivity index (χ2n) is 9.15. The van der Waals surface area contributed by atoms with E-state index in [0.29, 0.717) is 0 Å². The SMILES string of the molecule is c1ccc2c(c1)Cc1cc3c(cc1-2)-c1ccccc1C31c2ccccc2-c2ccncc21. The predicted octanol–water partition coefficient (Wildman–Crippen LogP) is 7.00. The smallest absolute Gasteiger partial charge is 0.0740 e. The third kappa shape index (κ3) is 1.77. The van der Waals surface area contributed by atoms with E-state index >= 15 is 0 Å². The Morgan fingerprint density at radius 2 is 1.16 bits per heavy atom. The fourth-order valence-corrected chi connectivity index (χ4v) is 6.61. The highest BCUT2D eigenvalue weighted by Crippen LogP contribution is 2.63. The number of fused-ring (bicyclic) bond motifs is 13. The van der Waals surface area contributed by atoms with E-state index in [1.807, 2.05) is 6.20 Å². The molecule has 0 saturated heterocycles. The van der Waals surface area contributed by atoms with Crippen LogP contribution in [0.2, 0.25) is 0 Å². The molecule has 0 radical (unpaired) electrons. The van der Waals surface area contributed by atoms with Crippen LogP contribution in [0.3, 0.4) is 0 Å². The molecule has 1 heterocycles. The van der Waals surface area contributed by atoms with Gasteiger partial charge in [-0.1, -0.05) is 78.9 Å². The molecule has 0 N–H and O–H groups in total. The topological polar surface area (TPSA) is 12.9 Å². The van der Waals surface area contributed by atoms with E-state index in [4.69, 9.17) is 0 Å². The molecule has 8 rings (SSSR count). The molecule has 4 aromatic carbocycles. The number of hydrogen-bond acceptors (Lipinski definition) is 1. The number of benzene rings is 4. The van der Waals surface area contributed by atoms with Crippen LogP contribution in [0.15, 0.2) is 103 Å². The summed E-state index contributed by atoms with van der Waals surface area (Å²) in [5.74, 6) is 0. The van der Waals surface area contributed by atoms with Gasteiger partial charge in [0, 0.05) is 12.4 Å². The summed E-state index contributed by atoms with van der Waals surface area (Å²) in [7, 11) is 0. The Hall–Kier alpha value is -3.97. The van der Waals surface area contributed by atoms with Crippen LogP contribution in [-0.2, 0) is 11.8 Å². The van der Waals surface area contributed by atoms with Gasteiger partial charge in [0.25, 0.3) is 0 Å². The molecule has 1 nitrogen and oxygen atoms in total. The third-order valence-electron chi connectivity index (χ3n) is 7.80. The highest BCUT2D eigenvalue weighted by atomic mass is 14.7. The average Bonchev–Trinajstić information content (AvgIpc) is 3.46. The van der Waals surface area contributed by atoms with Crippen LogP contribution >= 0.6 is 0 Å². The highest BCUT2D eigenvalue weighted by molar-refractivity contribution is 5.97. The summed E-state index contributed by atoms with van der Waals surface area (Å²) < 4.78 is 0. The lowest BCUT2D eigenvalue weighted by molar-refractivity contribution is 0.787. The highest BCUT2D eigenvalue weighted by Gasteiger charge is 2.52. The molecule has 3 aliphatic carbocycles. The van der Waals surface area contributed by atoms with Gasteiger partial charge in [0.05, 0.1) is 5.41 Å². The number of nitrogens with zero attached hydrogens (tertiary/aromatic N) is 1. The molecule has 1 atom stereocenters. The van der Waals surface area contributed by atoms with Gasteiger partial charge in [-0.05, 0) is 85.3 Å². The van der Waals surface area contributed by atoms with Gasteiger partial charge in [0.1, 0.15) is 0 Å². The number of aromatic nitrogens is 1. The van der Waals surface area contributed by atoms with Crippen molar-refractivity contribution in [2.75, 3.05) is 0 Å². The van der Waals surface area contributed by atoms with Crippen LogP contribution in [0.5, 0.6) is 0 Å². The average molecular weight is 406 g/mol. The van der Waals surface area contributed by atoms with Gasteiger partial charge < -0.3 is 0 Å². The second-order valence-corrected chi connectivity index (χ2v) is 9.15. The van der Waals surface area contributed by atoms with Crippen molar-refractivity contribution in [2.24, 2.45) is 0 Å². The zero-order valence-corrected chi connectivity index (χ0v) is 17.5. The maximum absolute atomic E-state index is 4.61. The predicted molar refractivity (Wildman–Crippen MR) is 129 cm³/mol. The van der Waals surface area contributed by atoms with Crippen LogP contribution in [0.4, 0.5) is 0 Å². The van der Waals surface area contributed by atoms with Gasteiger partial charge >= 0.3 is 0 Å². The molecule has 1 aromatic heterocycles. The van der Waals surface area contributed by atoms with Crippen molar-refractivity contribution in [3.63, 3.8) is 0 Å². The van der Waals surface area contributed by atoms with Crippen LogP contribution < -0.4 is 0 Å². The zero-order chi connectivity index (χ0) is 20.9. The zero-order valence-electron chi connectivity index (χ0n) is 17.5. The minimum Gasteiger partial charge on any atom is -0.264 e. The first kappa shape index (κ1) is 16.7. The van der Waals surface area contributed by atoms with Crippen LogP contribution in [0, 0.1) is 0 Å². The Kier molecular flexibility index (Phi) is 2.94. The lowest BCUT2D eigenvalue weighted by Crippen LogP contribution is -2.26. The first-order valence-electron chi connectivity index (χ1n) is 11.3. The minimum absolute atomic E-state index is 0.296.